The number of ether oxygens (including phenoxy) is 1. The number of likely N-dealkylation sites (N-methyl/N-ethyl adjacent to an activating group) is 1. The van der Waals surface area contributed by atoms with Gasteiger partial charge in [0.1, 0.15) is 0 Å². The van der Waals surface area contributed by atoms with Crippen molar-refractivity contribution in [3.05, 3.63) is 30.0 Å². The van der Waals surface area contributed by atoms with Crippen LogP contribution in [0.5, 0.6) is 0 Å². The van der Waals surface area contributed by atoms with E-state index >= 15 is 0 Å². The summed E-state index contributed by atoms with van der Waals surface area (Å²) < 4.78 is 4.78. The minimum Gasteiger partial charge on any atom is -0.464 e. The molecule has 1 aliphatic rings. The lowest BCUT2D eigenvalue weighted by molar-refractivity contribution is 0.0595. The van der Waals surface area contributed by atoms with E-state index in [0.717, 1.165) is 42.8 Å². The predicted octanol–water partition coefficient (Wildman–Crippen LogP) is 1.17. The maximum absolute atomic E-state index is 11.8. The molecule has 0 N–H and O–H groups in total. The van der Waals surface area contributed by atoms with Crippen LogP contribution in [0, 0.1) is 0 Å². The highest BCUT2D eigenvalue weighted by atomic mass is 16.5. The average molecular weight is 286 g/mol. The Morgan fingerprint density at radius 2 is 1.76 bits per heavy atom. The molecule has 6 nitrogen and oxygen atoms in total. The van der Waals surface area contributed by atoms with Crippen LogP contribution in [-0.2, 0) is 4.74 Å². The first-order valence-electron chi connectivity index (χ1n) is 6.98. The summed E-state index contributed by atoms with van der Waals surface area (Å²) in [5.74, 6) is 0.384. The summed E-state index contributed by atoms with van der Waals surface area (Å²) in [6.45, 7) is 3.81. The first kappa shape index (κ1) is 13.8. The van der Waals surface area contributed by atoms with Gasteiger partial charge in [-0.1, -0.05) is 24.3 Å². The molecule has 1 aliphatic heterocycles. The van der Waals surface area contributed by atoms with Crippen molar-refractivity contribution in [1.29, 1.82) is 0 Å². The number of benzene rings is 1. The Kier molecular flexibility index (Phi) is 3.70. The van der Waals surface area contributed by atoms with Gasteiger partial charge >= 0.3 is 5.97 Å². The molecule has 0 atom stereocenters. The van der Waals surface area contributed by atoms with E-state index in [1.807, 2.05) is 24.3 Å². The largest absolute Gasteiger partial charge is 0.464 e. The standard InChI is InChI=1S/C15H18N4O2/c1-18-7-9-19(10-8-18)14-12-6-4-3-5-11(12)13(16-17-14)15(20)21-2/h3-6H,7-10H2,1-2H3. The summed E-state index contributed by atoms with van der Waals surface area (Å²) in [6.07, 6.45) is 0. The van der Waals surface area contributed by atoms with E-state index in [9.17, 15) is 4.79 Å². The molecule has 0 unspecified atom stereocenters. The zero-order valence-corrected chi connectivity index (χ0v) is 12.2. The maximum Gasteiger partial charge on any atom is 0.359 e. The molecule has 0 bridgehead atoms. The van der Waals surface area contributed by atoms with Crippen LogP contribution in [0.25, 0.3) is 10.8 Å². The molecule has 1 saturated heterocycles. The Balaban J connectivity index is 2.07. The number of hydrogen-bond donors (Lipinski definition) is 0. The highest BCUT2D eigenvalue weighted by Gasteiger charge is 2.21. The van der Waals surface area contributed by atoms with Gasteiger partial charge in [-0.2, -0.15) is 0 Å². The molecular weight excluding hydrogens is 268 g/mol. The van der Waals surface area contributed by atoms with E-state index < -0.39 is 5.97 Å². The average Bonchev–Trinajstić information content (AvgIpc) is 2.54. The normalized spacial score (nSPS) is 16.2. The Hall–Kier alpha value is -2.21. The minimum atomic E-state index is -0.455. The first-order chi connectivity index (χ1) is 10.2. The number of nitrogens with zero attached hydrogens (tertiary/aromatic N) is 4. The number of carbonyl (C=O) groups excluding carboxylic acids is 1. The minimum absolute atomic E-state index is 0.269. The van der Waals surface area contributed by atoms with Gasteiger partial charge < -0.3 is 14.5 Å². The predicted molar refractivity (Wildman–Crippen MR) is 80.6 cm³/mol. The van der Waals surface area contributed by atoms with Crippen molar-refractivity contribution in [2.75, 3.05) is 45.2 Å². The number of anilines is 1. The molecule has 0 radical (unpaired) electrons. The molecule has 0 aliphatic carbocycles. The van der Waals surface area contributed by atoms with Crippen molar-refractivity contribution in [3.8, 4) is 0 Å². The van der Waals surface area contributed by atoms with Crippen LogP contribution < -0.4 is 4.90 Å². The van der Waals surface area contributed by atoms with Crippen molar-refractivity contribution in [2.45, 2.75) is 0 Å². The third-order valence-corrected chi connectivity index (χ3v) is 3.85. The highest BCUT2D eigenvalue weighted by Crippen LogP contribution is 2.26. The summed E-state index contributed by atoms with van der Waals surface area (Å²) in [7, 11) is 3.47. The molecule has 1 aromatic heterocycles. The van der Waals surface area contributed by atoms with Gasteiger partial charge in [0.25, 0.3) is 0 Å². The van der Waals surface area contributed by atoms with Crippen LogP contribution in [-0.4, -0.2) is 61.4 Å². The molecular formula is C15H18N4O2. The van der Waals surface area contributed by atoms with Crippen molar-refractivity contribution >= 4 is 22.6 Å². The molecule has 6 heteroatoms. The van der Waals surface area contributed by atoms with Crippen molar-refractivity contribution in [1.82, 2.24) is 15.1 Å². The highest BCUT2D eigenvalue weighted by molar-refractivity contribution is 6.05. The fourth-order valence-electron chi connectivity index (χ4n) is 2.59. The molecule has 1 fully saturated rings. The van der Waals surface area contributed by atoms with Gasteiger partial charge in [-0.3, -0.25) is 0 Å². The van der Waals surface area contributed by atoms with E-state index in [2.05, 4.69) is 27.0 Å². The van der Waals surface area contributed by atoms with Crippen molar-refractivity contribution in [2.24, 2.45) is 0 Å². The molecule has 0 spiro atoms. The van der Waals surface area contributed by atoms with E-state index in [-0.39, 0.29) is 5.69 Å². The first-order valence-corrected chi connectivity index (χ1v) is 6.98. The lowest BCUT2D eigenvalue weighted by Gasteiger charge is -2.33. The Morgan fingerprint density at radius 1 is 1.10 bits per heavy atom. The summed E-state index contributed by atoms with van der Waals surface area (Å²) in [4.78, 5) is 16.3. The van der Waals surface area contributed by atoms with Crippen LogP contribution >= 0.6 is 0 Å². The zero-order valence-electron chi connectivity index (χ0n) is 12.2. The lowest BCUT2D eigenvalue weighted by atomic mass is 10.1. The van der Waals surface area contributed by atoms with E-state index in [1.54, 1.807) is 0 Å². The summed E-state index contributed by atoms with van der Waals surface area (Å²) in [5, 5.41) is 10.1. The summed E-state index contributed by atoms with van der Waals surface area (Å²) >= 11 is 0. The van der Waals surface area contributed by atoms with Crippen LogP contribution in [0.15, 0.2) is 24.3 Å². The fourth-order valence-corrected chi connectivity index (χ4v) is 2.59. The van der Waals surface area contributed by atoms with Gasteiger partial charge in [-0.15, -0.1) is 10.2 Å². The van der Waals surface area contributed by atoms with E-state index in [1.165, 1.54) is 7.11 Å². The quantitative estimate of drug-likeness (QED) is 0.772. The number of fused-ring (bicyclic) bond motifs is 1. The number of rotatable bonds is 2. The van der Waals surface area contributed by atoms with Crippen LogP contribution in [0.4, 0.5) is 5.82 Å². The number of esters is 1. The number of methoxy groups -OCH3 is 1. The van der Waals surface area contributed by atoms with Gasteiger partial charge in [0, 0.05) is 37.0 Å². The number of aromatic nitrogens is 2. The number of hydrogen-bond acceptors (Lipinski definition) is 6. The second-order valence-corrected chi connectivity index (χ2v) is 5.20. The summed E-state index contributed by atoms with van der Waals surface area (Å²) in [5.41, 5.74) is 0.269. The Bertz CT molecular complexity index is 666. The van der Waals surface area contributed by atoms with Crippen molar-refractivity contribution < 1.29 is 9.53 Å². The van der Waals surface area contributed by atoms with Gasteiger partial charge in [0.05, 0.1) is 7.11 Å². The Morgan fingerprint density at radius 3 is 2.43 bits per heavy atom. The second kappa shape index (κ2) is 5.65. The Labute approximate surface area is 123 Å². The van der Waals surface area contributed by atoms with Gasteiger partial charge in [-0.25, -0.2) is 4.79 Å². The molecule has 3 rings (SSSR count). The third kappa shape index (κ3) is 2.54. The van der Waals surface area contributed by atoms with E-state index in [0.29, 0.717) is 0 Å². The molecule has 110 valence electrons. The van der Waals surface area contributed by atoms with Gasteiger partial charge in [-0.05, 0) is 7.05 Å². The molecule has 2 heterocycles. The SMILES string of the molecule is COC(=O)c1nnc(N2CCN(C)CC2)c2ccccc12. The van der Waals surface area contributed by atoms with Gasteiger partial charge in [0.15, 0.2) is 11.5 Å². The van der Waals surface area contributed by atoms with Crippen LogP contribution in [0.2, 0.25) is 0 Å². The summed E-state index contributed by atoms with van der Waals surface area (Å²) in [6, 6.07) is 7.70. The number of piperazine rings is 1. The fraction of sp³-hybridized carbons (Fsp3) is 0.400. The van der Waals surface area contributed by atoms with Gasteiger partial charge in [0.2, 0.25) is 0 Å². The van der Waals surface area contributed by atoms with Crippen LogP contribution in [0.1, 0.15) is 10.5 Å². The smallest absolute Gasteiger partial charge is 0.359 e. The third-order valence-electron chi connectivity index (χ3n) is 3.85. The van der Waals surface area contributed by atoms with E-state index in [4.69, 9.17) is 4.74 Å². The monoisotopic (exact) mass is 286 g/mol. The maximum atomic E-state index is 11.8. The topological polar surface area (TPSA) is 58.6 Å². The molecule has 0 amide bonds. The van der Waals surface area contributed by atoms with Crippen LogP contribution in [0.3, 0.4) is 0 Å². The molecule has 0 saturated carbocycles. The molecule has 1 aromatic carbocycles. The molecule has 21 heavy (non-hydrogen) atoms. The second-order valence-electron chi connectivity index (χ2n) is 5.20. The lowest BCUT2D eigenvalue weighted by Crippen LogP contribution is -2.45. The number of carbonyl (C=O) groups is 1. The zero-order chi connectivity index (χ0) is 14.8. The van der Waals surface area contributed by atoms with Crippen molar-refractivity contribution in [3.63, 3.8) is 0 Å². The molecule has 2 aromatic rings.